The number of hydrogen-bond donors (Lipinski definition) is 2. The van der Waals surface area contributed by atoms with Crippen LogP contribution >= 0.6 is 0 Å². The van der Waals surface area contributed by atoms with Gasteiger partial charge in [-0.3, -0.25) is 10.1 Å². The first-order chi connectivity index (χ1) is 16.9. The number of non-ortho nitro benzene ring substituents is 1. The van der Waals surface area contributed by atoms with Gasteiger partial charge in [-0.25, -0.2) is 0 Å². The Morgan fingerprint density at radius 3 is 1.80 bits per heavy atom. The van der Waals surface area contributed by atoms with Crippen molar-refractivity contribution in [1.82, 2.24) is 5.32 Å². The molecule has 0 fully saturated rings. The highest BCUT2D eigenvalue weighted by atomic mass is 16.6. The van der Waals surface area contributed by atoms with Gasteiger partial charge in [-0.15, -0.1) is 10.2 Å². The normalized spacial score (nSPS) is 12.2. The summed E-state index contributed by atoms with van der Waals surface area (Å²) in [4.78, 5) is 10.3. The Bertz CT molecular complexity index is 1200. The summed E-state index contributed by atoms with van der Waals surface area (Å²) in [5.74, 6) is 0.829. The van der Waals surface area contributed by atoms with Crippen LogP contribution in [0, 0.1) is 10.1 Å². The van der Waals surface area contributed by atoms with Crippen molar-refractivity contribution >= 4 is 28.4 Å². The minimum absolute atomic E-state index is 0.0274. The molecule has 3 rings (SSSR count). The quantitative estimate of drug-likeness (QED) is 0.194. The molecule has 1 atom stereocenters. The van der Waals surface area contributed by atoms with Crippen molar-refractivity contribution in [2.45, 2.75) is 13.0 Å². The first-order valence-corrected chi connectivity index (χ1v) is 10.7. The molecule has 0 aromatic heterocycles. The summed E-state index contributed by atoms with van der Waals surface area (Å²) in [5.41, 5.74) is 2.99. The van der Waals surface area contributed by atoms with Gasteiger partial charge in [0.05, 0.1) is 37.1 Å². The van der Waals surface area contributed by atoms with Crippen molar-refractivity contribution in [2.75, 3.05) is 27.4 Å². The van der Waals surface area contributed by atoms with Gasteiger partial charge < -0.3 is 19.9 Å². The van der Waals surface area contributed by atoms with Crippen LogP contribution in [0.15, 0.2) is 81.1 Å². The van der Waals surface area contributed by atoms with Gasteiger partial charge in [0.25, 0.3) is 5.69 Å². The van der Waals surface area contributed by atoms with Gasteiger partial charge in [0.2, 0.25) is 0 Å². The van der Waals surface area contributed by atoms with Crippen molar-refractivity contribution < 1.29 is 19.5 Å². The van der Waals surface area contributed by atoms with Crippen LogP contribution in [0.1, 0.15) is 18.5 Å². The number of nitro groups is 1. The number of aliphatic hydroxyl groups is 1. The Balaban J connectivity index is 1.79. The topological polar surface area (TPSA) is 143 Å². The van der Waals surface area contributed by atoms with Crippen molar-refractivity contribution in [1.29, 1.82) is 0 Å². The number of aliphatic hydroxyl groups excluding tert-OH is 1. The average Bonchev–Trinajstić information content (AvgIpc) is 2.89. The van der Waals surface area contributed by atoms with E-state index in [1.807, 2.05) is 31.2 Å². The lowest BCUT2D eigenvalue weighted by Crippen LogP contribution is -2.21. The summed E-state index contributed by atoms with van der Waals surface area (Å²) < 4.78 is 10.9. The number of azo groups is 2. The first kappa shape index (κ1) is 25.4. The number of ether oxygens (including phenoxy) is 2. The second-order valence-electron chi connectivity index (χ2n) is 7.36. The lowest BCUT2D eigenvalue weighted by molar-refractivity contribution is -0.384. The number of nitrogens with one attached hydrogen (secondary N) is 1. The molecule has 0 bridgehead atoms. The zero-order valence-electron chi connectivity index (χ0n) is 19.6. The van der Waals surface area contributed by atoms with Gasteiger partial charge in [-0.2, -0.15) is 10.2 Å². The second-order valence-corrected chi connectivity index (χ2v) is 7.36. The highest BCUT2D eigenvalue weighted by Gasteiger charge is 2.12. The van der Waals surface area contributed by atoms with E-state index >= 15 is 0 Å². The van der Waals surface area contributed by atoms with E-state index in [9.17, 15) is 10.1 Å². The SMILES string of the molecule is COc1cc(/N=N/c2ccc([N+](=O)[O-])cc2)c(OC)cc1/N=N/c1ccc(C(C)NCCO)cc1. The highest BCUT2D eigenvalue weighted by molar-refractivity contribution is 5.66. The molecule has 35 heavy (non-hydrogen) atoms. The molecular formula is C24H26N6O5. The van der Waals surface area contributed by atoms with E-state index in [0.717, 1.165) is 5.56 Å². The molecule has 0 aliphatic rings. The average molecular weight is 479 g/mol. The van der Waals surface area contributed by atoms with Crippen LogP contribution in [0.5, 0.6) is 11.5 Å². The molecule has 11 nitrogen and oxygen atoms in total. The van der Waals surface area contributed by atoms with Gasteiger partial charge >= 0.3 is 0 Å². The van der Waals surface area contributed by atoms with E-state index in [4.69, 9.17) is 14.6 Å². The Labute approximate surface area is 202 Å². The molecule has 0 amide bonds. The Hall–Kier alpha value is -4.22. The zero-order valence-corrected chi connectivity index (χ0v) is 19.6. The van der Waals surface area contributed by atoms with Crippen molar-refractivity contribution in [3.8, 4) is 11.5 Å². The van der Waals surface area contributed by atoms with Gasteiger partial charge in [0.1, 0.15) is 22.9 Å². The molecule has 0 spiro atoms. The third kappa shape index (κ3) is 6.88. The molecular weight excluding hydrogens is 452 g/mol. The number of nitrogens with zero attached hydrogens (tertiary/aromatic N) is 5. The maximum absolute atomic E-state index is 10.8. The summed E-state index contributed by atoms with van der Waals surface area (Å²) in [6, 6.07) is 16.7. The molecule has 0 aliphatic carbocycles. The molecule has 182 valence electrons. The second kappa shape index (κ2) is 12.3. The Morgan fingerprint density at radius 2 is 1.37 bits per heavy atom. The fourth-order valence-corrected chi connectivity index (χ4v) is 3.11. The van der Waals surface area contributed by atoms with Gasteiger partial charge in [0, 0.05) is 36.9 Å². The van der Waals surface area contributed by atoms with Gasteiger partial charge in [-0.05, 0) is 36.8 Å². The minimum Gasteiger partial charge on any atom is -0.494 e. The summed E-state index contributed by atoms with van der Waals surface area (Å²) in [5, 5.41) is 39.9. The van der Waals surface area contributed by atoms with E-state index < -0.39 is 4.92 Å². The van der Waals surface area contributed by atoms with Crippen LogP contribution in [-0.4, -0.2) is 37.4 Å². The lowest BCUT2D eigenvalue weighted by Gasteiger charge is -2.13. The third-order valence-corrected chi connectivity index (χ3v) is 5.04. The predicted octanol–water partition coefficient (Wildman–Crippen LogP) is 6.09. The van der Waals surface area contributed by atoms with Crippen LogP contribution in [0.3, 0.4) is 0 Å². The van der Waals surface area contributed by atoms with E-state index in [1.54, 1.807) is 12.1 Å². The van der Waals surface area contributed by atoms with E-state index in [0.29, 0.717) is 40.8 Å². The van der Waals surface area contributed by atoms with Crippen molar-refractivity contribution in [3.63, 3.8) is 0 Å². The van der Waals surface area contributed by atoms with E-state index in [2.05, 4.69) is 25.8 Å². The molecule has 3 aromatic rings. The molecule has 0 aliphatic heterocycles. The van der Waals surface area contributed by atoms with Crippen molar-refractivity contribution in [3.05, 3.63) is 76.3 Å². The van der Waals surface area contributed by atoms with Crippen LogP contribution < -0.4 is 14.8 Å². The van der Waals surface area contributed by atoms with Crippen LogP contribution in [0.4, 0.5) is 28.4 Å². The maximum atomic E-state index is 10.8. The van der Waals surface area contributed by atoms with Gasteiger partial charge in [-0.1, -0.05) is 12.1 Å². The number of methoxy groups -OCH3 is 2. The molecule has 3 aromatic carbocycles. The maximum Gasteiger partial charge on any atom is 0.269 e. The monoisotopic (exact) mass is 478 g/mol. The molecule has 0 radical (unpaired) electrons. The molecule has 11 heteroatoms. The minimum atomic E-state index is -0.479. The molecule has 1 unspecified atom stereocenters. The fourth-order valence-electron chi connectivity index (χ4n) is 3.11. The molecule has 0 saturated heterocycles. The predicted molar refractivity (Wildman–Crippen MR) is 131 cm³/mol. The number of hydrogen-bond acceptors (Lipinski definition) is 10. The van der Waals surface area contributed by atoms with Gasteiger partial charge in [0.15, 0.2) is 0 Å². The van der Waals surface area contributed by atoms with Crippen LogP contribution in [0.25, 0.3) is 0 Å². The van der Waals surface area contributed by atoms with Crippen LogP contribution in [-0.2, 0) is 0 Å². The third-order valence-electron chi connectivity index (χ3n) is 5.04. The summed E-state index contributed by atoms with van der Waals surface area (Å²) >= 11 is 0. The fraction of sp³-hybridized carbons (Fsp3) is 0.250. The smallest absolute Gasteiger partial charge is 0.269 e. The Kier molecular flexibility index (Phi) is 8.93. The highest BCUT2D eigenvalue weighted by Crippen LogP contribution is 2.41. The lowest BCUT2D eigenvalue weighted by atomic mass is 10.1. The molecule has 0 saturated carbocycles. The first-order valence-electron chi connectivity index (χ1n) is 10.7. The van der Waals surface area contributed by atoms with Crippen molar-refractivity contribution in [2.24, 2.45) is 20.5 Å². The number of rotatable bonds is 11. The van der Waals surface area contributed by atoms with Crippen LogP contribution in [0.2, 0.25) is 0 Å². The van der Waals surface area contributed by atoms with E-state index in [1.165, 1.54) is 38.5 Å². The summed E-state index contributed by atoms with van der Waals surface area (Å²) in [6.07, 6.45) is 0. The number of benzene rings is 3. The zero-order chi connectivity index (χ0) is 25.2. The summed E-state index contributed by atoms with van der Waals surface area (Å²) in [6.45, 7) is 2.62. The Morgan fingerprint density at radius 1 is 0.886 bits per heavy atom. The molecule has 0 heterocycles. The molecule has 2 N–H and O–H groups in total. The summed E-state index contributed by atoms with van der Waals surface area (Å²) in [7, 11) is 3.01. The standard InChI is InChI=1S/C24H26N6O5/c1-16(25-12-13-31)17-4-6-18(7-5-17)26-28-21-14-24(35-3)22(15-23(21)34-2)29-27-19-8-10-20(11-9-19)30(32)33/h4-11,14-16,25,31H,12-13H2,1-3H3/b28-26+,29-27+. The number of nitro benzene ring substituents is 1. The largest absolute Gasteiger partial charge is 0.494 e. The van der Waals surface area contributed by atoms with E-state index in [-0.39, 0.29) is 18.3 Å².